The Morgan fingerprint density at radius 2 is 2.19 bits per heavy atom. The molecule has 1 aliphatic carbocycles. The normalized spacial score (nSPS) is 20.8. The lowest BCUT2D eigenvalue weighted by atomic mass is 9.92. The molecule has 3 rings (SSSR count). The first-order chi connectivity index (χ1) is 10.1. The third-order valence-electron chi connectivity index (χ3n) is 4.37. The SMILES string of the molecule is CCNC1(c2nc(CC)c(C)s2)CCc2cc(F)ccc21. The fraction of sp³-hybridized carbons (Fsp3) is 0.471. The minimum Gasteiger partial charge on any atom is -0.302 e. The van der Waals surface area contributed by atoms with Crippen molar-refractivity contribution in [3.05, 3.63) is 50.7 Å². The summed E-state index contributed by atoms with van der Waals surface area (Å²) < 4.78 is 13.5. The summed E-state index contributed by atoms with van der Waals surface area (Å²) in [5, 5.41) is 4.77. The second-order valence-electron chi connectivity index (χ2n) is 5.61. The highest BCUT2D eigenvalue weighted by Gasteiger charge is 2.42. The van der Waals surface area contributed by atoms with Gasteiger partial charge in [0.25, 0.3) is 0 Å². The molecule has 0 fully saturated rings. The molecule has 4 heteroatoms. The summed E-state index contributed by atoms with van der Waals surface area (Å²) >= 11 is 1.78. The molecule has 0 spiro atoms. The van der Waals surface area contributed by atoms with E-state index in [2.05, 4.69) is 26.1 Å². The van der Waals surface area contributed by atoms with Gasteiger partial charge in [-0.05, 0) is 56.0 Å². The maximum atomic E-state index is 13.5. The highest BCUT2D eigenvalue weighted by Crippen LogP contribution is 2.44. The van der Waals surface area contributed by atoms with Gasteiger partial charge in [0.05, 0.1) is 11.2 Å². The number of rotatable bonds is 4. The monoisotopic (exact) mass is 304 g/mol. The van der Waals surface area contributed by atoms with Gasteiger partial charge in [0.15, 0.2) is 0 Å². The molecule has 1 N–H and O–H groups in total. The molecule has 1 unspecified atom stereocenters. The number of benzene rings is 1. The molecule has 1 heterocycles. The molecule has 0 saturated heterocycles. The van der Waals surface area contributed by atoms with E-state index in [1.807, 2.05) is 6.07 Å². The van der Waals surface area contributed by atoms with E-state index in [0.29, 0.717) is 0 Å². The molecule has 2 nitrogen and oxygen atoms in total. The molecule has 1 aromatic heterocycles. The van der Waals surface area contributed by atoms with Crippen molar-refractivity contribution in [2.45, 2.75) is 45.6 Å². The zero-order valence-electron chi connectivity index (χ0n) is 12.8. The van der Waals surface area contributed by atoms with Crippen LogP contribution in [0.25, 0.3) is 0 Å². The number of aromatic nitrogens is 1. The quantitative estimate of drug-likeness (QED) is 0.925. The van der Waals surface area contributed by atoms with Crippen LogP contribution in [-0.4, -0.2) is 11.5 Å². The first-order valence-corrected chi connectivity index (χ1v) is 8.43. The minimum atomic E-state index is -0.235. The number of aryl methyl sites for hydroxylation is 3. The van der Waals surface area contributed by atoms with Gasteiger partial charge < -0.3 is 5.32 Å². The largest absolute Gasteiger partial charge is 0.302 e. The van der Waals surface area contributed by atoms with E-state index in [9.17, 15) is 4.39 Å². The van der Waals surface area contributed by atoms with E-state index < -0.39 is 0 Å². The van der Waals surface area contributed by atoms with Gasteiger partial charge in [-0.15, -0.1) is 11.3 Å². The van der Waals surface area contributed by atoms with Crippen molar-refractivity contribution < 1.29 is 4.39 Å². The van der Waals surface area contributed by atoms with Crippen LogP contribution in [0.5, 0.6) is 0 Å². The molecule has 1 aromatic carbocycles. The Morgan fingerprint density at radius 3 is 2.86 bits per heavy atom. The van der Waals surface area contributed by atoms with Crippen LogP contribution in [0.2, 0.25) is 0 Å². The topological polar surface area (TPSA) is 24.9 Å². The number of nitrogens with zero attached hydrogens (tertiary/aromatic N) is 1. The summed E-state index contributed by atoms with van der Waals surface area (Å²) in [6.07, 6.45) is 2.82. The Morgan fingerprint density at radius 1 is 1.38 bits per heavy atom. The van der Waals surface area contributed by atoms with Gasteiger partial charge in [0.1, 0.15) is 10.8 Å². The first kappa shape index (κ1) is 14.7. The maximum Gasteiger partial charge on any atom is 0.123 e. The van der Waals surface area contributed by atoms with Crippen molar-refractivity contribution in [1.29, 1.82) is 0 Å². The fourth-order valence-electron chi connectivity index (χ4n) is 3.36. The van der Waals surface area contributed by atoms with Crippen LogP contribution < -0.4 is 5.32 Å². The standard InChI is InChI=1S/C17H21FN2S/c1-4-15-11(3)21-16(20-15)17(19-5-2)9-8-12-10-13(18)6-7-14(12)17/h6-7,10,19H,4-5,8-9H2,1-3H3. The second kappa shape index (κ2) is 5.50. The van der Waals surface area contributed by atoms with Gasteiger partial charge in [-0.3, -0.25) is 0 Å². The molecule has 0 aliphatic heterocycles. The van der Waals surface area contributed by atoms with Crippen molar-refractivity contribution in [3.8, 4) is 0 Å². The fourth-order valence-corrected chi connectivity index (χ4v) is 4.58. The molecule has 112 valence electrons. The van der Waals surface area contributed by atoms with Crippen LogP contribution in [-0.2, 0) is 18.4 Å². The third kappa shape index (κ3) is 2.30. The second-order valence-corrected chi connectivity index (χ2v) is 6.82. The lowest BCUT2D eigenvalue weighted by Crippen LogP contribution is -2.41. The predicted molar refractivity (Wildman–Crippen MR) is 85.4 cm³/mol. The first-order valence-electron chi connectivity index (χ1n) is 7.61. The van der Waals surface area contributed by atoms with Gasteiger partial charge in [-0.1, -0.05) is 19.9 Å². The lowest BCUT2D eigenvalue weighted by Gasteiger charge is -2.29. The summed E-state index contributed by atoms with van der Waals surface area (Å²) in [6.45, 7) is 7.27. The van der Waals surface area contributed by atoms with Gasteiger partial charge in [-0.25, -0.2) is 9.37 Å². The summed E-state index contributed by atoms with van der Waals surface area (Å²) in [6, 6.07) is 5.18. The molecule has 0 amide bonds. The van der Waals surface area contributed by atoms with E-state index in [-0.39, 0.29) is 11.4 Å². The number of halogens is 1. The average molecular weight is 304 g/mol. The molecule has 1 atom stereocenters. The Kier molecular flexibility index (Phi) is 3.84. The Balaban J connectivity index is 2.14. The number of hydrogen-bond donors (Lipinski definition) is 1. The molecule has 0 radical (unpaired) electrons. The van der Waals surface area contributed by atoms with Crippen molar-refractivity contribution in [1.82, 2.24) is 10.3 Å². The van der Waals surface area contributed by atoms with Gasteiger partial charge in [-0.2, -0.15) is 0 Å². The zero-order valence-corrected chi connectivity index (χ0v) is 13.6. The summed E-state index contributed by atoms with van der Waals surface area (Å²) in [7, 11) is 0. The van der Waals surface area contributed by atoms with Crippen molar-refractivity contribution in [3.63, 3.8) is 0 Å². The van der Waals surface area contributed by atoms with Crippen LogP contribution in [0.4, 0.5) is 4.39 Å². The van der Waals surface area contributed by atoms with Gasteiger partial charge in [0.2, 0.25) is 0 Å². The number of nitrogens with one attached hydrogen (secondary N) is 1. The number of hydrogen-bond acceptors (Lipinski definition) is 3. The Bertz CT molecular complexity index is 665. The van der Waals surface area contributed by atoms with Gasteiger partial charge >= 0.3 is 0 Å². The Labute approximate surface area is 129 Å². The molecular formula is C17H21FN2S. The lowest BCUT2D eigenvalue weighted by molar-refractivity contribution is 0.407. The van der Waals surface area contributed by atoms with E-state index >= 15 is 0 Å². The van der Waals surface area contributed by atoms with Crippen LogP contribution in [0.15, 0.2) is 18.2 Å². The maximum absolute atomic E-state index is 13.5. The summed E-state index contributed by atoms with van der Waals surface area (Å²) in [4.78, 5) is 6.18. The molecule has 21 heavy (non-hydrogen) atoms. The van der Waals surface area contributed by atoms with Gasteiger partial charge in [0, 0.05) is 4.88 Å². The van der Waals surface area contributed by atoms with Crippen LogP contribution in [0.3, 0.4) is 0 Å². The summed E-state index contributed by atoms with van der Waals surface area (Å²) in [5.74, 6) is -0.148. The van der Waals surface area contributed by atoms with Crippen LogP contribution in [0, 0.1) is 12.7 Å². The number of thiazole rings is 1. The Hall–Kier alpha value is -1.26. The van der Waals surface area contributed by atoms with Crippen molar-refractivity contribution >= 4 is 11.3 Å². The van der Waals surface area contributed by atoms with Crippen molar-refractivity contribution in [2.75, 3.05) is 6.54 Å². The summed E-state index contributed by atoms with van der Waals surface area (Å²) in [5.41, 5.74) is 3.26. The highest BCUT2D eigenvalue weighted by molar-refractivity contribution is 7.11. The van der Waals surface area contributed by atoms with Crippen LogP contribution in [0.1, 0.15) is 47.0 Å². The molecule has 0 saturated carbocycles. The molecule has 0 bridgehead atoms. The zero-order chi connectivity index (χ0) is 15.0. The highest BCUT2D eigenvalue weighted by atomic mass is 32.1. The smallest absolute Gasteiger partial charge is 0.123 e. The van der Waals surface area contributed by atoms with E-state index in [0.717, 1.165) is 36.4 Å². The van der Waals surface area contributed by atoms with E-state index in [1.54, 1.807) is 23.5 Å². The molecular weight excluding hydrogens is 283 g/mol. The molecule has 1 aliphatic rings. The third-order valence-corrected chi connectivity index (χ3v) is 5.54. The number of fused-ring (bicyclic) bond motifs is 1. The molecule has 2 aromatic rings. The van der Waals surface area contributed by atoms with E-state index in [4.69, 9.17) is 4.98 Å². The predicted octanol–water partition coefficient (Wildman–Crippen LogP) is 3.95. The minimum absolute atomic E-state index is 0.148. The average Bonchev–Trinajstić information content (AvgIpc) is 3.01. The van der Waals surface area contributed by atoms with E-state index in [1.165, 1.54) is 16.1 Å². The van der Waals surface area contributed by atoms with Crippen LogP contribution >= 0.6 is 11.3 Å². The van der Waals surface area contributed by atoms with Crippen molar-refractivity contribution in [2.24, 2.45) is 0 Å².